The standard InChI is InChI=1S/C16H14N2O2/c1-11-7-9-12(10-8-11)15(19)18(2)16-17-13-5-3-4-6-14(13)20-16/h3-10H,1-2H3. The van der Waals surface area contributed by atoms with E-state index >= 15 is 0 Å². The lowest BCUT2D eigenvalue weighted by Gasteiger charge is -2.12. The zero-order valence-corrected chi connectivity index (χ0v) is 11.3. The second-order valence-electron chi connectivity index (χ2n) is 4.69. The fourth-order valence-electron chi connectivity index (χ4n) is 1.98. The monoisotopic (exact) mass is 266 g/mol. The van der Waals surface area contributed by atoms with Gasteiger partial charge in [0, 0.05) is 12.6 Å². The lowest BCUT2D eigenvalue weighted by Crippen LogP contribution is -2.26. The molecule has 0 bridgehead atoms. The van der Waals surface area contributed by atoms with Crippen molar-refractivity contribution in [1.82, 2.24) is 4.98 Å². The Hall–Kier alpha value is -2.62. The van der Waals surface area contributed by atoms with Crippen LogP contribution in [0, 0.1) is 6.92 Å². The van der Waals surface area contributed by atoms with Crippen LogP contribution in [0.3, 0.4) is 0 Å². The predicted molar refractivity (Wildman–Crippen MR) is 77.9 cm³/mol. The average molecular weight is 266 g/mol. The summed E-state index contributed by atoms with van der Waals surface area (Å²) in [4.78, 5) is 18.1. The van der Waals surface area contributed by atoms with Gasteiger partial charge in [-0.15, -0.1) is 0 Å². The van der Waals surface area contributed by atoms with Gasteiger partial charge in [-0.2, -0.15) is 4.98 Å². The first-order valence-corrected chi connectivity index (χ1v) is 6.35. The molecular formula is C16H14N2O2. The van der Waals surface area contributed by atoms with E-state index in [1.807, 2.05) is 43.3 Å². The van der Waals surface area contributed by atoms with Crippen LogP contribution in [0.4, 0.5) is 6.01 Å². The number of carbonyl (C=O) groups excluding carboxylic acids is 1. The first-order chi connectivity index (χ1) is 9.65. The molecule has 0 aliphatic heterocycles. The molecule has 0 saturated carbocycles. The van der Waals surface area contributed by atoms with Crippen LogP contribution in [-0.2, 0) is 0 Å². The van der Waals surface area contributed by atoms with Gasteiger partial charge in [0.25, 0.3) is 5.91 Å². The molecule has 3 rings (SSSR count). The van der Waals surface area contributed by atoms with Crippen molar-refractivity contribution in [3.05, 3.63) is 59.7 Å². The molecule has 4 nitrogen and oxygen atoms in total. The number of carbonyl (C=O) groups is 1. The maximum atomic E-state index is 12.4. The zero-order valence-electron chi connectivity index (χ0n) is 11.3. The SMILES string of the molecule is Cc1ccc(C(=O)N(C)c2nc3ccccc3o2)cc1. The highest BCUT2D eigenvalue weighted by atomic mass is 16.4. The van der Waals surface area contributed by atoms with E-state index in [1.54, 1.807) is 19.2 Å². The quantitative estimate of drug-likeness (QED) is 0.714. The van der Waals surface area contributed by atoms with Crippen molar-refractivity contribution in [1.29, 1.82) is 0 Å². The van der Waals surface area contributed by atoms with E-state index in [1.165, 1.54) is 4.90 Å². The number of amides is 1. The molecule has 0 unspecified atom stereocenters. The molecule has 0 radical (unpaired) electrons. The Kier molecular flexibility index (Phi) is 2.99. The normalized spacial score (nSPS) is 10.7. The van der Waals surface area contributed by atoms with E-state index in [-0.39, 0.29) is 5.91 Å². The molecule has 4 heteroatoms. The molecule has 1 aromatic heterocycles. The predicted octanol–water partition coefficient (Wildman–Crippen LogP) is 3.41. The Morgan fingerprint density at radius 2 is 1.80 bits per heavy atom. The first-order valence-electron chi connectivity index (χ1n) is 6.35. The highest BCUT2D eigenvalue weighted by molar-refractivity contribution is 6.04. The van der Waals surface area contributed by atoms with Crippen LogP contribution in [0.5, 0.6) is 0 Å². The first kappa shape index (κ1) is 12.4. The molecule has 1 amide bonds. The molecule has 1 heterocycles. The minimum absolute atomic E-state index is 0.142. The van der Waals surface area contributed by atoms with Crippen molar-refractivity contribution in [3.63, 3.8) is 0 Å². The Morgan fingerprint density at radius 1 is 1.10 bits per heavy atom. The number of para-hydroxylation sites is 2. The minimum atomic E-state index is -0.142. The Morgan fingerprint density at radius 3 is 2.50 bits per heavy atom. The summed E-state index contributed by atoms with van der Waals surface area (Å²) in [5, 5.41) is 0. The number of aryl methyl sites for hydroxylation is 1. The van der Waals surface area contributed by atoms with Crippen molar-refractivity contribution >= 4 is 23.0 Å². The molecule has 2 aromatic carbocycles. The third kappa shape index (κ3) is 2.16. The van der Waals surface area contributed by atoms with E-state index in [4.69, 9.17) is 4.42 Å². The van der Waals surface area contributed by atoms with Gasteiger partial charge in [0.15, 0.2) is 5.58 Å². The van der Waals surface area contributed by atoms with Gasteiger partial charge < -0.3 is 4.42 Å². The number of rotatable bonds is 2. The lowest BCUT2D eigenvalue weighted by atomic mass is 10.1. The zero-order chi connectivity index (χ0) is 14.1. The lowest BCUT2D eigenvalue weighted by molar-refractivity contribution is 0.0988. The minimum Gasteiger partial charge on any atom is -0.423 e. The fourth-order valence-corrected chi connectivity index (χ4v) is 1.98. The third-order valence-electron chi connectivity index (χ3n) is 3.17. The second kappa shape index (κ2) is 4.81. The summed E-state index contributed by atoms with van der Waals surface area (Å²) in [6.07, 6.45) is 0. The van der Waals surface area contributed by atoms with Crippen molar-refractivity contribution in [2.24, 2.45) is 0 Å². The number of hydrogen-bond acceptors (Lipinski definition) is 3. The number of aromatic nitrogens is 1. The van der Waals surface area contributed by atoms with Gasteiger partial charge in [-0.05, 0) is 31.2 Å². The summed E-state index contributed by atoms with van der Waals surface area (Å²) >= 11 is 0. The van der Waals surface area contributed by atoms with E-state index in [9.17, 15) is 4.79 Å². The van der Waals surface area contributed by atoms with Gasteiger partial charge in [0.05, 0.1) is 0 Å². The largest absolute Gasteiger partial charge is 0.423 e. The molecule has 100 valence electrons. The van der Waals surface area contributed by atoms with Gasteiger partial charge in [-0.1, -0.05) is 29.8 Å². The van der Waals surface area contributed by atoms with Crippen LogP contribution in [0.2, 0.25) is 0 Å². The van der Waals surface area contributed by atoms with Crippen molar-refractivity contribution in [3.8, 4) is 0 Å². The van der Waals surface area contributed by atoms with Crippen LogP contribution in [0.1, 0.15) is 15.9 Å². The number of nitrogens with zero attached hydrogens (tertiary/aromatic N) is 2. The van der Waals surface area contributed by atoms with E-state index < -0.39 is 0 Å². The molecule has 0 aliphatic carbocycles. The van der Waals surface area contributed by atoms with Crippen molar-refractivity contribution < 1.29 is 9.21 Å². The summed E-state index contributed by atoms with van der Waals surface area (Å²) in [6.45, 7) is 1.98. The number of benzene rings is 2. The summed E-state index contributed by atoms with van der Waals surface area (Å²) in [5.41, 5.74) is 3.14. The topological polar surface area (TPSA) is 46.3 Å². The summed E-state index contributed by atoms with van der Waals surface area (Å²) in [7, 11) is 1.66. The Labute approximate surface area is 116 Å². The van der Waals surface area contributed by atoms with E-state index in [0.29, 0.717) is 17.2 Å². The third-order valence-corrected chi connectivity index (χ3v) is 3.17. The number of oxazole rings is 1. The van der Waals surface area contributed by atoms with Gasteiger partial charge in [0.1, 0.15) is 5.52 Å². The Bertz CT molecular complexity index is 727. The van der Waals surface area contributed by atoms with Gasteiger partial charge in [-0.25, -0.2) is 0 Å². The van der Waals surface area contributed by atoms with Crippen molar-refractivity contribution in [2.75, 3.05) is 11.9 Å². The highest BCUT2D eigenvalue weighted by Gasteiger charge is 2.18. The molecule has 0 N–H and O–H groups in total. The molecule has 20 heavy (non-hydrogen) atoms. The second-order valence-corrected chi connectivity index (χ2v) is 4.69. The van der Waals surface area contributed by atoms with Crippen LogP contribution in [0.15, 0.2) is 52.9 Å². The molecule has 3 aromatic rings. The van der Waals surface area contributed by atoms with E-state index in [0.717, 1.165) is 11.1 Å². The van der Waals surface area contributed by atoms with Crippen LogP contribution < -0.4 is 4.90 Å². The molecule has 0 atom stereocenters. The van der Waals surface area contributed by atoms with Crippen molar-refractivity contribution in [2.45, 2.75) is 6.92 Å². The molecule has 0 saturated heterocycles. The molecule has 0 spiro atoms. The van der Waals surface area contributed by atoms with Gasteiger partial charge >= 0.3 is 6.01 Å². The summed E-state index contributed by atoms with van der Waals surface area (Å²) < 4.78 is 5.59. The summed E-state index contributed by atoms with van der Waals surface area (Å²) in [5.74, 6) is -0.142. The molecule has 0 fully saturated rings. The number of anilines is 1. The maximum Gasteiger partial charge on any atom is 0.305 e. The summed E-state index contributed by atoms with van der Waals surface area (Å²) in [6, 6.07) is 15.2. The van der Waals surface area contributed by atoms with Gasteiger partial charge in [-0.3, -0.25) is 9.69 Å². The maximum absolute atomic E-state index is 12.4. The molecular weight excluding hydrogens is 252 g/mol. The van der Waals surface area contributed by atoms with Gasteiger partial charge in [0.2, 0.25) is 0 Å². The van der Waals surface area contributed by atoms with Crippen LogP contribution in [-0.4, -0.2) is 17.9 Å². The highest BCUT2D eigenvalue weighted by Crippen LogP contribution is 2.22. The average Bonchev–Trinajstić information content (AvgIpc) is 2.90. The number of hydrogen-bond donors (Lipinski definition) is 0. The fraction of sp³-hybridized carbons (Fsp3) is 0.125. The Balaban J connectivity index is 1.93. The van der Waals surface area contributed by atoms with E-state index in [2.05, 4.69) is 4.98 Å². The van der Waals surface area contributed by atoms with Crippen LogP contribution in [0.25, 0.3) is 11.1 Å². The molecule has 0 aliphatic rings. The van der Waals surface area contributed by atoms with Crippen LogP contribution >= 0.6 is 0 Å². The number of fused-ring (bicyclic) bond motifs is 1. The smallest absolute Gasteiger partial charge is 0.305 e.